The molecule has 0 aliphatic carbocycles. The van der Waals surface area contributed by atoms with Crippen LogP contribution in [-0.2, 0) is 0 Å². The van der Waals surface area contributed by atoms with Crippen LogP contribution in [0.1, 0.15) is 24.3 Å². The molecular formula is C21H19ClN4O2S. The van der Waals surface area contributed by atoms with Gasteiger partial charge in [-0.3, -0.25) is 4.79 Å². The van der Waals surface area contributed by atoms with Gasteiger partial charge in [0.1, 0.15) is 0 Å². The van der Waals surface area contributed by atoms with E-state index in [1.807, 2.05) is 37.4 Å². The van der Waals surface area contributed by atoms with Crippen LogP contribution in [0.15, 0.2) is 53.1 Å². The van der Waals surface area contributed by atoms with Gasteiger partial charge in [0.25, 0.3) is 5.91 Å². The Balaban J connectivity index is 1.52. The van der Waals surface area contributed by atoms with E-state index < -0.39 is 0 Å². The van der Waals surface area contributed by atoms with Crippen molar-refractivity contribution in [2.45, 2.75) is 19.9 Å². The number of aromatic nitrogens is 2. The molecule has 0 aliphatic rings. The van der Waals surface area contributed by atoms with Crippen LogP contribution in [0.5, 0.6) is 0 Å². The second kappa shape index (κ2) is 7.85. The molecule has 0 atom stereocenters. The number of nitrogens with one attached hydrogen (secondary N) is 1. The van der Waals surface area contributed by atoms with E-state index in [4.69, 9.17) is 16.1 Å². The van der Waals surface area contributed by atoms with Crippen molar-refractivity contribution < 1.29 is 9.32 Å². The van der Waals surface area contributed by atoms with Crippen LogP contribution in [0.2, 0.25) is 5.02 Å². The number of carbonyl (C=O) groups is 1. The molecule has 1 N–H and O–H groups in total. The zero-order valence-electron chi connectivity index (χ0n) is 16.1. The molecule has 0 unspecified atom stereocenters. The van der Waals surface area contributed by atoms with E-state index in [0.717, 1.165) is 20.9 Å². The first kappa shape index (κ1) is 19.4. The quantitative estimate of drug-likeness (QED) is 0.443. The van der Waals surface area contributed by atoms with Gasteiger partial charge in [-0.25, -0.2) is 4.98 Å². The second-order valence-electron chi connectivity index (χ2n) is 6.92. The van der Waals surface area contributed by atoms with Crippen LogP contribution in [-0.4, -0.2) is 29.1 Å². The monoisotopic (exact) mass is 426 g/mol. The molecule has 2 aromatic carbocycles. The van der Waals surface area contributed by atoms with E-state index in [2.05, 4.69) is 34.2 Å². The fourth-order valence-electron chi connectivity index (χ4n) is 2.69. The van der Waals surface area contributed by atoms with Crippen LogP contribution in [0.25, 0.3) is 21.5 Å². The Kier molecular flexibility index (Phi) is 5.25. The molecule has 4 rings (SSSR count). The number of carbonyl (C=O) groups excluding carboxylic acids is 1. The summed E-state index contributed by atoms with van der Waals surface area (Å²) in [4.78, 5) is 19.3. The smallest absolute Gasteiger partial charge is 0.277 e. The van der Waals surface area contributed by atoms with Crippen molar-refractivity contribution in [2.24, 2.45) is 0 Å². The Morgan fingerprint density at radius 2 is 1.93 bits per heavy atom. The van der Waals surface area contributed by atoms with E-state index in [-0.39, 0.29) is 11.6 Å². The standard InChI is InChI=1S/C21H19ClN4O2S/c1-12(2)26(3)21-24-16-9-8-15(10-19(16)29-21)23-20(27)17-11-18(28-25-17)13-4-6-14(22)7-5-13/h4-12H,1-3H3,(H,23,27). The minimum Gasteiger partial charge on any atom is -0.355 e. The van der Waals surface area contributed by atoms with Crippen LogP contribution >= 0.6 is 22.9 Å². The molecule has 148 valence electrons. The Morgan fingerprint density at radius 3 is 2.66 bits per heavy atom. The van der Waals surface area contributed by atoms with E-state index in [1.165, 1.54) is 0 Å². The van der Waals surface area contributed by atoms with Gasteiger partial charge in [-0.05, 0) is 56.3 Å². The zero-order chi connectivity index (χ0) is 20.5. The Morgan fingerprint density at radius 1 is 1.17 bits per heavy atom. The topological polar surface area (TPSA) is 71.3 Å². The SMILES string of the molecule is CC(C)N(C)c1nc2ccc(NC(=O)c3cc(-c4ccc(Cl)cc4)on3)cc2s1. The number of nitrogens with zero attached hydrogens (tertiary/aromatic N) is 3. The highest BCUT2D eigenvalue weighted by atomic mass is 35.5. The molecule has 0 bridgehead atoms. The second-order valence-corrected chi connectivity index (χ2v) is 8.37. The summed E-state index contributed by atoms with van der Waals surface area (Å²) in [6, 6.07) is 14.8. The number of benzene rings is 2. The first-order chi connectivity index (χ1) is 13.9. The fourth-order valence-corrected chi connectivity index (χ4v) is 3.92. The van der Waals surface area contributed by atoms with Crippen molar-refractivity contribution in [3.63, 3.8) is 0 Å². The first-order valence-corrected chi connectivity index (χ1v) is 10.3. The van der Waals surface area contributed by atoms with Crippen LogP contribution < -0.4 is 10.2 Å². The van der Waals surface area contributed by atoms with Gasteiger partial charge in [0, 0.05) is 35.4 Å². The highest BCUT2D eigenvalue weighted by molar-refractivity contribution is 7.22. The van der Waals surface area contributed by atoms with Crippen molar-refractivity contribution in [1.82, 2.24) is 10.1 Å². The molecule has 0 saturated carbocycles. The lowest BCUT2D eigenvalue weighted by molar-refractivity contribution is 0.101. The maximum atomic E-state index is 12.6. The average Bonchev–Trinajstić information content (AvgIpc) is 3.35. The lowest BCUT2D eigenvalue weighted by Crippen LogP contribution is -2.25. The van der Waals surface area contributed by atoms with Crippen molar-refractivity contribution in [3.8, 4) is 11.3 Å². The third kappa shape index (κ3) is 4.11. The third-order valence-corrected chi connectivity index (χ3v) is 5.94. The molecule has 6 nitrogen and oxygen atoms in total. The minimum atomic E-state index is -0.336. The van der Waals surface area contributed by atoms with Crippen molar-refractivity contribution in [3.05, 3.63) is 59.2 Å². The number of hydrogen-bond donors (Lipinski definition) is 1. The number of amides is 1. The molecule has 8 heteroatoms. The van der Waals surface area contributed by atoms with Gasteiger partial charge >= 0.3 is 0 Å². The van der Waals surface area contributed by atoms with E-state index >= 15 is 0 Å². The summed E-state index contributed by atoms with van der Waals surface area (Å²) in [5, 5.41) is 8.33. The van der Waals surface area contributed by atoms with Crippen molar-refractivity contribution in [2.75, 3.05) is 17.3 Å². The molecule has 0 aliphatic heterocycles. The van der Waals surface area contributed by atoms with Gasteiger partial charge in [0.05, 0.1) is 10.2 Å². The van der Waals surface area contributed by atoms with E-state index in [9.17, 15) is 4.79 Å². The first-order valence-electron chi connectivity index (χ1n) is 9.08. The molecule has 2 aromatic heterocycles. The van der Waals surface area contributed by atoms with Gasteiger partial charge in [-0.1, -0.05) is 28.1 Å². The molecule has 1 amide bonds. The number of halogens is 1. The summed E-state index contributed by atoms with van der Waals surface area (Å²) in [5.74, 6) is 0.170. The maximum Gasteiger partial charge on any atom is 0.277 e. The summed E-state index contributed by atoms with van der Waals surface area (Å²) >= 11 is 7.50. The van der Waals surface area contributed by atoms with Crippen LogP contribution in [0, 0.1) is 0 Å². The molecule has 0 spiro atoms. The molecule has 29 heavy (non-hydrogen) atoms. The van der Waals surface area contributed by atoms with E-state index in [1.54, 1.807) is 29.5 Å². The summed E-state index contributed by atoms with van der Waals surface area (Å²) in [5.41, 5.74) is 2.59. The number of hydrogen-bond acceptors (Lipinski definition) is 6. The minimum absolute atomic E-state index is 0.208. The van der Waals surface area contributed by atoms with Gasteiger partial charge in [0.2, 0.25) is 0 Å². The molecule has 4 aromatic rings. The third-order valence-electron chi connectivity index (χ3n) is 4.58. The Hall–Kier alpha value is -2.90. The van der Waals surface area contributed by atoms with Crippen LogP contribution in [0.4, 0.5) is 10.8 Å². The largest absolute Gasteiger partial charge is 0.355 e. The predicted molar refractivity (Wildman–Crippen MR) is 118 cm³/mol. The molecule has 0 saturated heterocycles. The van der Waals surface area contributed by atoms with Gasteiger partial charge < -0.3 is 14.7 Å². The van der Waals surface area contributed by atoms with Gasteiger partial charge in [0.15, 0.2) is 16.6 Å². The maximum absolute atomic E-state index is 12.6. The fraction of sp³-hybridized carbons (Fsp3) is 0.190. The molecule has 2 heterocycles. The number of fused-ring (bicyclic) bond motifs is 1. The Labute approximate surface area is 177 Å². The summed E-state index contributed by atoms with van der Waals surface area (Å²) in [6.07, 6.45) is 0. The van der Waals surface area contributed by atoms with Gasteiger partial charge in [-0.2, -0.15) is 0 Å². The van der Waals surface area contributed by atoms with Crippen molar-refractivity contribution in [1.29, 1.82) is 0 Å². The zero-order valence-corrected chi connectivity index (χ0v) is 17.7. The Bertz CT molecular complexity index is 1170. The van der Waals surface area contributed by atoms with Gasteiger partial charge in [-0.15, -0.1) is 0 Å². The molecular weight excluding hydrogens is 408 g/mol. The highest BCUT2D eigenvalue weighted by Gasteiger charge is 2.15. The lowest BCUT2D eigenvalue weighted by atomic mass is 10.1. The number of anilines is 2. The lowest BCUT2D eigenvalue weighted by Gasteiger charge is -2.19. The predicted octanol–water partition coefficient (Wildman–Crippen LogP) is 5.70. The van der Waals surface area contributed by atoms with E-state index in [0.29, 0.717) is 22.5 Å². The highest BCUT2D eigenvalue weighted by Crippen LogP contribution is 2.31. The normalized spacial score (nSPS) is 11.2. The summed E-state index contributed by atoms with van der Waals surface area (Å²) < 4.78 is 6.31. The summed E-state index contributed by atoms with van der Waals surface area (Å²) in [6.45, 7) is 4.24. The number of rotatable bonds is 5. The molecule has 0 radical (unpaired) electrons. The number of thiazole rings is 1. The molecule has 0 fully saturated rings. The van der Waals surface area contributed by atoms with Crippen LogP contribution in [0.3, 0.4) is 0 Å². The summed E-state index contributed by atoms with van der Waals surface area (Å²) in [7, 11) is 2.02. The van der Waals surface area contributed by atoms with Crippen molar-refractivity contribution >= 4 is 49.9 Å². The average molecular weight is 427 g/mol.